The van der Waals surface area contributed by atoms with Gasteiger partial charge in [0.15, 0.2) is 0 Å². The Morgan fingerprint density at radius 2 is 2.11 bits per heavy atom. The first kappa shape index (κ1) is 13.7. The summed E-state index contributed by atoms with van der Waals surface area (Å²) in [5, 5.41) is 5.65. The largest absolute Gasteiger partial charge is 0.386 e. The number of pyridine rings is 1. The Bertz CT molecular complexity index is 619. The van der Waals surface area contributed by atoms with Gasteiger partial charge in [0, 0.05) is 16.8 Å². The van der Waals surface area contributed by atoms with Crippen LogP contribution in [0.4, 0.5) is 15.8 Å². The molecule has 1 aromatic heterocycles. The van der Waals surface area contributed by atoms with E-state index in [-0.39, 0.29) is 11.7 Å². The number of aromatic nitrogens is 1. The normalized spacial score (nSPS) is 10.1. The van der Waals surface area contributed by atoms with Gasteiger partial charge in [-0.3, -0.25) is 9.78 Å². The molecule has 0 saturated heterocycles. The lowest BCUT2D eigenvalue weighted by Crippen LogP contribution is -2.15. The number of halogens is 2. The molecule has 4 nitrogen and oxygen atoms in total. The first-order valence-electron chi connectivity index (χ1n) is 5.50. The number of rotatable bonds is 3. The summed E-state index contributed by atoms with van der Waals surface area (Å²) in [6, 6.07) is 5.83. The Balaban J connectivity index is 2.26. The maximum Gasteiger partial charge on any atom is 0.257 e. The van der Waals surface area contributed by atoms with Gasteiger partial charge >= 0.3 is 0 Å². The van der Waals surface area contributed by atoms with Gasteiger partial charge < -0.3 is 10.6 Å². The zero-order chi connectivity index (χ0) is 13.8. The van der Waals surface area contributed by atoms with Crippen molar-refractivity contribution in [2.24, 2.45) is 0 Å². The van der Waals surface area contributed by atoms with E-state index >= 15 is 0 Å². The van der Waals surface area contributed by atoms with Crippen molar-refractivity contribution in [3.63, 3.8) is 0 Å². The maximum atomic E-state index is 13.0. The summed E-state index contributed by atoms with van der Waals surface area (Å²) in [7, 11) is 1.72. The lowest BCUT2D eigenvalue weighted by Gasteiger charge is -2.10. The fraction of sp³-hybridized carbons (Fsp3) is 0.0769. The average molecular weight is 371 g/mol. The van der Waals surface area contributed by atoms with E-state index in [4.69, 9.17) is 0 Å². The van der Waals surface area contributed by atoms with Gasteiger partial charge in [-0.05, 0) is 46.9 Å². The first-order valence-corrected chi connectivity index (χ1v) is 6.58. The van der Waals surface area contributed by atoms with E-state index in [0.29, 0.717) is 20.5 Å². The van der Waals surface area contributed by atoms with Gasteiger partial charge in [-0.2, -0.15) is 0 Å². The topological polar surface area (TPSA) is 54.0 Å². The van der Waals surface area contributed by atoms with Gasteiger partial charge in [0.1, 0.15) is 5.82 Å². The minimum Gasteiger partial charge on any atom is -0.386 e. The highest BCUT2D eigenvalue weighted by molar-refractivity contribution is 14.1. The minimum absolute atomic E-state index is 0.267. The molecule has 0 aliphatic carbocycles. The molecule has 1 aromatic carbocycles. The van der Waals surface area contributed by atoms with Crippen LogP contribution in [0, 0.1) is 9.39 Å². The quantitative estimate of drug-likeness (QED) is 0.816. The van der Waals surface area contributed by atoms with E-state index < -0.39 is 0 Å². The number of hydrogen-bond donors (Lipinski definition) is 2. The zero-order valence-corrected chi connectivity index (χ0v) is 12.2. The SMILES string of the molecule is CNc1cnccc1C(=O)Nc1ccc(F)cc1I. The average Bonchev–Trinajstić information content (AvgIpc) is 2.41. The van der Waals surface area contributed by atoms with Gasteiger partial charge in [0.25, 0.3) is 5.91 Å². The monoisotopic (exact) mass is 371 g/mol. The number of carbonyl (C=O) groups excluding carboxylic acids is 1. The van der Waals surface area contributed by atoms with E-state index in [9.17, 15) is 9.18 Å². The minimum atomic E-state index is -0.331. The van der Waals surface area contributed by atoms with E-state index in [2.05, 4.69) is 15.6 Å². The third-order valence-electron chi connectivity index (χ3n) is 2.51. The third-order valence-corrected chi connectivity index (χ3v) is 3.41. The van der Waals surface area contributed by atoms with Crippen molar-refractivity contribution in [3.8, 4) is 0 Å². The molecular weight excluding hydrogens is 360 g/mol. The Morgan fingerprint density at radius 1 is 1.32 bits per heavy atom. The van der Waals surface area contributed by atoms with Gasteiger partial charge in [0.2, 0.25) is 0 Å². The molecule has 19 heavy (non-hydrogen) atoms. The number of anilines is 2. The summed E-state index contributed by atoms with van der Waals surface area (Å²) in [5.74, 6) is -0.599. The van der Waals surface area contributed by atoms with E-state index in [1.54, 1.807) is 25.5 Å². The van der Waals surface area contributed by atoms with Crippen molar-refractivity contribution in [2.75, 3.05) is 17.7 Å². The lowest BCUT2D eigenvalue weighted by atomic mass is 10.2. The van der Waals surface area contributed by atoms with Gasteiger partial charge in [-0.1, -0.05) is 0 Å². The van der Waals surface area contributed by atoms with Crippen LogP contribution in [-0.4, -0.2) is 17.9 Å². The molecule has 2 aromatic rings. The molecule has 0 spiro atoms. The van der Waals surface area contributed by atoms with E-state index in [0.717, 1.165) is 0 Å². The number of amides is 1. The number of hydrogen-bond acceptors (Lipinski definition) is 3. The molecule has 6 heteroatoms. The van der Waals surface area contributed by atoms with Crippen LogP contribution in [0.15, 0.2) is 36.7 Å². The van der Waals surface area contributed by atoms with Gasteiger partial charge in [0.05, 0.1) is 23.1 Å². The van der Waals surface area contributed by atoms with Gasteiger partial charge in [-0.15, -0.1) is 0 Å². The van der Waals surface area contributed by atoms with Gasteiger partial charge in [-0.25, -0.2) is 4.39 Å². The fourth-order valence-electron chi connectivity index (χ4n) is 1.57. The fourth-order valence-corrected chi connectivity index (χ4v) is 2.18. The Morgan fingerprint density at radius 3 is 2.79 bits per heavy atom. The van der Waals surface area contributed by atoms with Crippen molar-refractivity contribution in [1.29, 1.82) is 0 Å². The van der Waals surface area contributed by atoms with Crippen LogP contribution in [-0.2, 0) is 0 Å². The molecule has 0 bridgehead atoms. The Kier molecular flexibility index (Phi) is 4.31. The molecule has 0 aliphatic heterocycles. The highest BCUT2D eigenvalue weighted by Gasteiger charge is 2.12. The lowest BCUT2D eigenvalue weighted by molar-refractivity contribution is 0.102. The third kappa shape index (κ3) is 3.19. The molecule has 1 amide bonds. The molecule has 1 heterocycles. The number of nitrogens with zero attached hydrogens (tertiary/aromatic N) is 1. The Labute approximate surface area is 123 Å². The first-order chi connectivity index (χ1) is 9.11. The van der Waals surface area contributed by atoms with Crippen molar-refractivity contribution in [1.82, 2.24) is 4.98 Å². The number of carbonyl (C=O) groups is 1. The molecule has 0 aliphatic rings. The molecule has 2 N–H and O–H groups in total. The zero-order valence-electron chi connectivity index (χ0n) is 10.1. The molecule has 0 atom stereocenters. The van der Waals surface area contributed by atoms with Crippen molar-refractivity contribution < 1.29 is 9.18 Å². The molecule has 0 fully saturated rings. The van der Waals surface area contributed by atoms with E-state index in [1.165, 1.54) is 18.2 Å². The molecule has 98 valence electrons. The van der Waals surface area contributed by atoms with Crippen LogP contribution < -0.4 is 10.6 Å². The highest BCUT2D eigenvalue weighted by atomic mass is 127. The van der Waals surface area contributed by atoms with Crippen molar-refractivity contribution >= 4 is 39.9 Å². The molecule has 2 rings (SSSR count). The standard InChI is InChI=1S/C13H11FIN3O/c1-16-12-7-17-5-4-9(12)13(19)18-11-3-2-8(14)6-10(11)15/h2-7,16H,1H3,(H,18,19). The number of nitrogens with one attached hydrogen (secondary N) is 2. The summed E-state index contributed by atoms with van der Waals surface area (Å²) >= 11 is 1.97. The number of benzene rings is 1. The van der Waals surface area contributed by atoms with E-state index in [1.807, 2.05) is 22.6 Å². The molecule has 0 saturated carbocycles. The highest BCUT2D eigenvalue weighted by Crippen LogP contribution is 2.21. The predicted octanol–water partition coefficient (Wildman–Crippen LogP) is 3.12. The second kappa shape index (κ2) is 5.96. The smallest absolute Gasteiger partial charge is 0.257 e. The van der Waals surface area contributed by atoms with Crippen LogP contribution in [0.25, 0.3) is 0 Å². The second-order valence-electron chi connectivity index (χ2n) is 3.75. The molecule has 0 unspecified atom stereocenters. The summed E-state index contributed by atoms with van der Waals surface area (Å²) in [6.45, 7) is 0. The molecule has 0 radical (unpaired) electrons. The van der Waals surface area contributed by atoms with Crippen LogP contribution >= 0.6 is 22.6 Å². The van der Waals surface area contributed by atoms with Crippen LogP contribution in [0.2, 0.25) is 0 Å². The van der Waals surface area contributed by atoms with Crippen molar-refractivity contribution in [3.05, 3.63) is 51.6 Å². The summed E-state index contributed by atoms with van der Waals surface area (Å²) in [5.41, 5.74) is 1.70. The Hall–Kier alpha value is -1.70. The van der Waals surface area contributed by atoms with Crippen molar-refractivity contribution in [2.45, 2.75) is 0 Å². The summed E-state index contributed by atoms with van der Waals surface area (Å²) in [4.78, 5) is 16.1. The maximum absolute atomic E-state index is 13.0. The van der Waals surface area contributed by atoms with Crippen LogP contribution in [0.3, 0.4) is 0 Å². The van der Waals surface area contributed by atoms with Crippen LogP contribution in [0.5, 0.6) is 0 Å². The summed E-state index contributed by atoms with van der Waals surface area (Å²) < 4.78 is 13.6. The second-order valence-corrected chi connectivity index (χ2v) is 4.91. The predicted molar refractivity (Wildman–Crippen MR) is 80.9 cm³/mol. The molecular formula is C13H11FIN3O. The van der Waals surface area contributed by atoms with Crippen LogP contribution in [0.1, 0.15) is 10.4 Å². The summed E-state index contributed by atoms with van der Waals surface area (Å²) in [6.07, 6.45) is 3.12.